The summed E-state index contributed by atoms with van der Waals surface area (Å²) in [5, 5.41) is 3.11. The molecular weight excluding hydrogens is 541 g/mol. The number of hydrogen-bond donors (Lipinski definition) is 2. The molecule has 1 aliphatic heterocycles. The molecule has 2 heterocycles. The molecule has 0 radical (unpaired) electrons. The number of methoxy groups -OCH3 is 1. The Labute approximate surface area is 239 Å². The quantitative estimate of drug-likeness (QED) is 0.385. The fraction of sp³-hybridized carbons (Fsp3) is 0.586. The smallest absolute Gasteiger partial charge is 0.256 e. The van der Waals surface area contributed by atoms with Crippen molar-refractivity contribution < 1.29 is 28.1 Å². The standard InChI is InChI=1S/C29H39ClFN3O6/c1-17-13-24(37-4)22(29(36)33-17)15-32-28(35)21-14-23(30)27-26(18(21)2)40-25(16-39-27)19-5-7-20(8-6-19)34(3)10-12-38-11-9-31/h13-14,19-20,25H,5-12,15-16H2,1-4H3,(H,32,35)(H,33,36)/t19-,20+,25-/m1/s1. The van der Waals surface area contributed by atoms with Crippen molar-refractivity contribution in [3.05, 3.63) is 49.9 Å². The number of aromatic amines is 1. The van der Waals surface area contributed by atoms with E-state index in [4.69, 9.17) is 30.5 Å². The van der Waals surface area contributed by atoms with Crippen LogP contribution in [0.4, 0.5) is 4.39 Å². The highest BCUT2D eigenvalue weighted by molar-refractivity contribution is 6.32. The minimum Gasteiger partial charge on any atom is -0.496 e. The van der Waals surface area contributed by atoms with E-state index in [9.17, 15) is 14.0 Å². The number of pyridine rings is 1. The Morgan fingerprint density at radius 3 is 2.65 bits per heavy atom. The number of H-pyrrole nitrogens is 1. The highest BCUT2D eigenvalue weighted by atomic mass is 35.5. The summed E-state index contributed by atoms with van der Waals surface area (Å²) in [4.78, 5) is 30.6. The van der Waals surface area contributed by atoms with Gasteiger partial charge in [-0.3, -0.25) is 9.59 Å². The fourth-order valence-electron chi connectivity index (χ4n) is 5.56. The normalized spacial score (nSPS) is 20.4. The Hall–Kier alpha value is -2.82. The monoisotopic (exact) mass is 579 g/mol. The Kier molecular flexibility index (Phi) is 10.3. The van der Waals surface area contributed by atoms with E-state index >= 15 is 0 Å². The Balaban J connectivity index is 1.40. The number of nitrogens with zero attached hydrogens (tertiary/aromatic N) is 1. The molecule has 1 atom stereocenters. The van der Waals surface area contributed by atoms with Gasteiger partial charge in [-0.2, -0.15) is 0 Å². The van der Waals surface area contributed by atoms with Gasteiger partial charge in [0, 0.05) is 29.4 Å². The van der Waals surface area contributed by atoms with Crippen molar-refractivity contribution in [3.8, 4) is 17.2 Å². The number of aromatic nitrogens is 1. The number of rotatable bonds is 11. The highest BCUT2D eigenvalue weighted by Gasteiger charge is 2.35. The first-order valence-corrected chi connectivity index (χ1v) is 14.1. The lowest BCUT2D eigenvalue weighted by atomic mass is 9.82. The van der Waals surface area contributed by atoms with Crippen molar-refractivity contribution in [3.63, 3.8) is 0 Å². The van der Waals surface area contributed by atoms with Crippen LogP contribution in [-0.2, 0) is 11.3 Å². The van der Waals surface area contributed by atoms with E-state index in [0.29, 0.717) is 69.8 Å². The molecule has 2 aromatic rings. The Morgan fingerprint density at radius 2 is 1.95 bits per heavy atom. The average molecular weight is 580 g/mol. The Morgan fingerprint density at radius 1 is 1.20 bits per heavy atom. The van der Waals surface area contributed by atoms with Crippen LogP contribution in [-0.4, -0.2) is 75.1 Å². The summed E-state index contributed by atoms with van der Waals surface area (Å²) in [6.07, 6.45) is 3.89. The number of ether oxygens (including phenoxy) is 4. The van der Waals surface area contributed by atoms with Crippen molar-refractivity contribution in [2.75, 3.05) is 47.2 Å². The first-order chi connectivity index (χ1) is 19.2. The van der Waals surface area contributed by atoms with Crippen LogP contribution in [0.25, 0.3) is 0 Å². The lowest BCUT2D eigenvalue weighted by Crippen LogP contribution is -2.43. The van der Waals surface area contributed by atoms with Crippen LogP contribution in [0.3, 0.4) is 0 Å². The van der Waals surface area contributed by atoms with Crippen molar-refractivity contribution in [2.45, 2.75) is 58.2 Å². The van der Waals surface area contributed by atoms with Gasteiger partial charge in [-0.25, -0.2) is 4.39 Å². The largest absolute Gasteiger partial charge is 0.496 e. The minimum atomic E-state index is -0.456. The molecule has 11 heteroatoms. The van der Waals surface area contributed by atoms with Crippen LogP contribution in [0.15, 0.2) is 16.9 Å². The maximum absolute atomic E-state index is 13.2. The van der Waals surface area contributed by atoms with E-state index in [1.54, 1.807) is 19.1 Å². The summed E-state index contributed by atoms with van der Waals surface area (Å²) in [6, 6.07) is 3.74. The molecule has 4 rings (SSSR count). The number of alkyl halides is 1. The van der Waals surface area contributed by atoms with E-state index in [1.165, 1.54) is 7.11 Å². The second-order valence-corrected chi connectivity index (χ2v) is 10.9. The van der Waals surface area contributed by atoms with Crippen LogP contribution in [0, 0.1) is 19.8 Å². The van der Waals surface area contributed by atoms with Gasteiger partial charge in [0.25, 0.3) is 11.5 Å². The number of carbonyl (C=O) groups is 1. The topological polar surface area (TPSA) is 102 Å². The van der Waals surface area contributed by atoms with Crippen LogP contribution in [0.5, 0.6) is 17.2 Å². The summed E-state index contributed by atoms with van der Waals surface area (Å²) < 4.78 is 35.4. The molecule has 0 saturated heterocycles. The fourth-order valence-corrected chi connectivity index (χ4v) is 5.81. The van der Waals surface area contributed by atoms with Crippen molar-refractivity contribution in [2.24, 2.45) is 5.92 Å². The third kappa shape index (κ3) is 6.90. The van der Waals surface area contributed by atoms with E-state index in [0.717, 1.165) is 32.2 Å². The van der Waals surface area contributed by atoms with Crippen LogP contribution >= 0.6 is 11.6 Å². The molecule has 9 nitrogen and oxygen atoms in total. The number of benzene rings is 1. The lowest BCUT2D eigenvalue weighted by molar-refractivity contribution is 0.0182. The molecule has 1 saturated carbocycles. The van der Waals surface area contributed by atoms with Gasteiger partial charge in [0.2, 0.25) is 0 Å². The van der Waals surface area contributed by atoms with Crippen LogP contribution < -0.4 is 25.1 Å². The zero-order valence-electron chi connectivity index (χ0n) is 23.6. The van der Waals surface area contributed by atoms with Crippen LogP contribution in [0.2, 0.25) is 5.02 Å². The summed E-state index contributed by atoms with van der Waals surface area (Å²) in [5.41, 5.74) is 1.67. The van der Waals surface area contributed by atoms with Gasteiger partial charge in [-0.05, 0) is 64.6 Å². The lowest BCUT2D eigenvalue weighted by Gasteiger charge is -2.39. The van der Waals surface area contributed by atoms with Gasteiger partial charge in [0.1, 0.15) is 25.1 Å². The zero-order valence-corrected chi connectivity index (χ0v) is 24.4. The molecule has 1 aliphatic carbocycles. The number of likely N-dealkylation sites (N-methyl/N-ethyl adjacent to an activating group) is 1. The van der Waals surface area contributed by atoms with Gasteiger partial charge >= 0.3 is 0 Å². The molecule has 220 valence electrons. The molecule has 1 amide bonds. The van der Waals surface area contributed by atoms with Crippen molar-refractivity contribution in [1.82, 2.24) is 15.2 Å². The second-order valence-electron chi connectivity index (χ2n) is 10.5. The average Bonchev–Trinajstić information content (AvgIpc) is 2.95. The molecule has 2 N–H and O–H groups in total. The van der Waals surface area contributed by atoms with Gasteiger partial charge in [-0.15, -0.1) is 0 Å². The van der Waals surface area contributed by atoms with Gasteiger partial charge in [-0.1, -0.05) is 11.6 Å². The van der Waals surface area contributed by atoms with E-state index in [-0.39, 0.29) is 30.7 Å². The predicted molar refractivity (Wildman–Crippen MR) is 151 cm³/mol. The molecule has 2 aliphatic rings. The molecular formula is C29H39ClFN3O6. The molecule has 0 bridgehead atoms. The molecule has 1 fully saturated rings. The second kappa shape index (κ2) is 13.7. The third-order valence-corrected chi connectivity index (χ3v) is 8.20. The number of aryl methyl sites for hydroxylation is 1. The molecule has 40 heavy (non-hydrogen) atoms. The number of fused-ring (bicyclic) bond motifs is 1. The highest BCUT2D eigenvalue weighted by Crippen LogP contribution is 2.45. The van der Waals surface area contributed by atoms with Crippen LogP contribution in [0.1, 0.15) is 52.9 Å². The molecule has 0 unspecified atom stereocenters. The first kappa shape index (κ1) is 30.1. The number of nitrogens with one attached hydrogen (secondary N) is 2. The first-order valence-electron chi connectivity index (χ1n) is 13.7. The molecule has 1 aromatic heterocycles. The Bertz CT molecular complexity index is 1250. The zero-order chi connectivity index (χ0) is 28.8. The predicted octanol–water partition coefficient (Wildman–Crippen LogP) is 4.20. The SMILES string of the molecule is COc1cc(C)[nH]c(=O)c1CNC(=O)c1cc(Cl)c2c(c1C)O[C@@H]([C@H]1CC[C@@H](N(C)CCOCCF)CC1)CO2. The van der Waals surface area contributed by atoms with E-state index < -0.39 is 6.67 Å². The van der Waals surface area contributed by atoms with Gasteiger partial charge < -0.3 is 34.1 Å². The van der Waals surface area contributed by atoms with E-state index in [1.807, 2.05) is 6.92 Å². The van der Waals surface area contributed by atoms with Gasteiger partial charge in [0.05, 0.1) is 37.5 Å². The minimum absolute atomic E-state index is 0.00852. The van der Waals surface area contributed by atoms with E-state index in [2.05, 4.69) is 22.2 Å². The number of amides is 1. The number of hydrogen-bond acceptors (Lipinski definition) is 7. The van der Waals surface area contributed by atoms with Crippen molar-refractivity contribution in [1.29, 1.82) is 0 Å². The van der Waals surface area contributed by atoms with Crippen molar-refractivity contribution >= 4 is 17.5 Å². The van der Waals surface area contributed by atoms with Gasteiger partial charge in [0.15, 0.2) is 11.5 Å². The maximum Gasteiger partial charge on any atom is 0.256 e. The maximum atomic E-state index is 13.2. The summed E-state index contributed by atoms with van der Waals surface area (Å²) in [7, 11) is 3.57. The number of carbonyl (C=O) groups excluding carboxylic acids is 1. The summed E-state index contributed by atoms with van der Waals surface area (Å²) in [6.45, 7) is 4.96. The number of halogens is 2. The molecule has 0 spiro atoms. The summed E-state index contributed by atoms with van der Waals surface area (Å²) >= 11 is 6.52. The third-order valence-electron chi connectivity index (χ3n) is 7.92. The summed E-state index contributed by atoms with van der Waals surface area (Å²) in [5.74, 6) is 1.28. The molecule has 1 aromatic carbocycles.